The van der Waals surface area contributed by atoms with Crippen LogP contribution in [0.5, 0.6) is 0 Å². The van der Waals surface area contributed by atoms with Gasteiger partial charge in [0.2, 0.25) is 0 Å². The van der Waals surface area contributed by atoms with Crippen LogP contribution in [0.25, 0.3) is 22.2 Å². The number of nitrogens with one attached hydrogen (secondary N) is 3. The molecule has 136 valence electrons. The van der Waals surface area contributed by atoms with Gasteiger partial charge >= 0.3 is 0 Å². The fourth-order valence-corrected chi connectivity index (χ4v) is 3.13. The Bertz CT molecular complexity index is 1110. The topological polar surface area (TPSA) is 73.6 Å². The molecule has 2 heterocycles. The Hall–Kier alpha value is -3.41. The van der Waals surface area contributed by atoms with Crippen LogP contribution in [0.2, 0.25) is 0 Å². The van der Waals surface area contributed by atoms with Gasteiger partial charge in [-0.05, 0) is 54.8 Å². The Balaban J connectivity index is 1.40. The summed E-state index contributed by atoms with van der Waals surface area (Å²) >= 11 is 0. The van der Waals surface area contributed by atoms with E-state index < -0.39 is 0 Å². The molecule has 2 aromatic heterocycles. The standard InChI is InChI=1S/C21H19FN4O/c1-13-10-14(6-7-17(13)22)19-11-20(26-25-19)21(27)23-9-8-15-12-24-18-5-3-2-4-16(15)18/h2-7,10-12,24H,8-9H2,1H3,(H,23,27)(H,25,26). The van der Waals surface area contributed by atoms with Crippen LogP contribution in [0.3, 0.4) is 0 Å². The summed E-state index contributed by atoms with van der Waals surface area (Å²) in [6.07, 6.45) is 2.70. The van der Waals surface area contributed by atoms with Gasteiger partial charge in [-0.25, -0.2) is 4.39 Å². The van der Waals surface area contributed by atoms with Gasteiger partial charge in [0.15, 0.2) is 0 Å². The van der Waals surface area contributed by atoms with Gasteiger partial charge in [0.1, 0.15) is 11.5 Å². The van der Waals surface area contributed by atoms with Gasteiger partial charge in [0.25, 0.3) is 5.91 Å². The number of rotatable bonds is 5. The fraction of sp³-hybridized carbons (Fsp3) is 0.143. The third kappa shape index (κ3) is 3.46. The van der Waals surface area contributed by atoms with Crippen molar-refractivity contribution in [1.82, 2.24) is 20.5 Å². The SMILES string of the molecule is Cc1cc(-c2cc(C(=O)NCCc3c[nH]c4ccccc34)[nH]n2)ccc1F. The normalized spacial score (nSPS) is 11.0. The van der Waals surface area contributed by atoms with Crippen LogP contribution in [0.4, 0.5) is 4.39 Å². The van der Waals surface area contributed by atoms with E-state index in [1.54, 1.807) is 25.1 Å². The van der Waals surface area contributed by atoms with E-state index in [4.69, 9.17) is 0 Å². The number of aromatic amines is 2. The maximum atomic E-state index is 13.4. The van der Waals surface area contributed by atoms with Crippen LogP contribution in [-0.4, -0.2) is 27.6 Å². The van der Waals surface area contributed by atoms with Gasteiger partial charge in [-0.3, -0.25) is 9.89 Å². The molecule has 0 fully saturated rings. The first kappa shape index (κ1) is 17.0. The number of halogens is 1. The van der Waals surface area contributed by atoms with Crippen LogP contribution < -0.4 is 5.32 Å². The van der Waals surface area contributed by atoms with Crippen molar-refractivity contribution in [2.24, 2.45) is 0 Å². The molecule has 2 aromatic carbocycles. The second-order valence-corrected chi connectivity index (χ2v) is 6.50. The summed E-state index contributed by atoms with van der Waals surface area (Å²) in [6.45, 7) is 2.22. The third-order valence-electron chi connectivity index (χ3n) is 4.63. The molecular formula is C21H19FN4O. The number of carbonyl (C=O) groups is 1. The van der Waals surface area contributed by atoms with Crippen LogP contribution in [-0.2, 0) is 6.42 Å². The molecule has 0 spiro atoms. The maximum absolute atomic E-state index is 13.4. The Morgan fingerprint density at radius 2 is 2.04 bits per heavy atom. The predicted octanol–water partition coefficient (Wildman–Crippen LogP) is 3.98. The van der Waals surface area contributed by atoms with E-state index in [9.17, 15) is 9.18 Å². The largest absolute Gasteiger partial charge is 0.361 e. The monoisotopic (exact) mass is 362 g/mol. The minimum atomic E-state index is -0.260. The molecule has 0 radical (unpaired) electrons. The van der Waals surface area contributed by atoms with E-state index in [0.717, 1.165) is 23.1 Å². The van der Waals surface area contributed by atoms with Crippen molar-refractivity contribution in [3.8, 4) is 11.3 Å². The van der Waals surface area contributed by atoms with Gasteiger partial charge in [-0.15, -0.1) is 0 Å². The number of aryl methyl sites for hydroxylation is 1. The second-order valence-electron chi connectivity index (χ2n) is 6.50. The molecule has 0 aliphatic rings. The van der Waals surface area contributed by atoms with Gasteiger partial charge in [-0.1, -0.05) is 18.2 Å². The molecule has 0 atom stereocenters. The molecule has 3 N–H and O–H groups in total. The van der Waals surface area contributed by atoms with Crippen molar-refractivity contribution in [2.45, 2.75) is 13.3 Å². The molecule has 5 nitrogen and oxygen atoms in total. The van der Waals surface area contributed by atoms with Crippen molar-refractivity contribution >= 4 is 16.8 Å². The maximum Gasteiger partial charge on any atom is 0.269 e. The molecule has 1 amide bonds. The second kappa shape index (κ2) is 7.07. The summed E-state index contributed by atoms with van der Waals surface area (Å²) in [5.41, 5.74) is 4.55. The first-order valence-electron chi connectivity index (χ1n) is 8.77. The van der Waals surface area contributed by atoms with Gasteiger partial charge in [-0.2, -0.15) is 5.10 Å². The zero-order valence-electron chi connectivity index (χ0n) is 14.8. The van der Waals surface area contributed by atoms with Crippen LogP contribution >= 0.6 is 0 Å². The molecule has 0 aliphatic carbocycles. The molecule has 4 rings (SSSR count). The van der Waals surface area contributed by atoms with Gasteiger partial charge in [0, 0.05) is 29.2 Å². The van der Waals surface area contributed by atoms with E-state index in [0.29, 0.717) is 23.5 Å². The first-order valence-corrected chi connectivity index (χ1v) is 8.77. The lowest BCUT2D eigenvalue weighted by Crippen LogP contribution is -2.25. The smallest absolute Gasteiger partial charge is 0.269 e. The zero-order valence-corrected chi connectivity index (χ0v) is 14.8. The van der Waals surface area contributed by atoms with Crippen molar-refractivity contribution in [3.63, 3.8) is 0 Å². The summed E-state index contributed by atoms with van der Waals surface area (Å²) in [5, 5.41) is 11.0. The Morgan fingerprint density at radius 1 is 1.19 bits per heavy atom. The van der Waals surface area contributed by atoms with Gasteiger partial charge in [0.05, 0.1) is 5.69 Å². The molecule has 6 heteroatoms. The van der Waals surface area contributed by atoms with Crippen LogP contribution in [0, 0.1) is 12.7 Å². The minimum absolute atomic E-state index is 0.215. The first-order chi connectivity index (χ1) is 13.1. The average Bonchev–Trinajstić information content (AvgIpc) is 3.32. The quantitative estimate of drug-likeness (QED) is 0.502. The van der Waals surface area contributed by atoms with Crippen LogP contribution in [0.1, 0.15) is 21.6 Å². The summed E-state index contributed by atoms with van der Waals surface area (Å²) < 4.78 is 13.4. The number of nitrogens with zero attached hydrogens (tertiary/aromatic N) is 1. The van der Waals surface area contributed by atoms with Crippen molar-refractivity contribution in [3.05, 3.63) is 77.4 Å². The summed E-state index contributed by atoms with van der Waals surface area (Å²) in [5.74, 6) is -0.475. The molecule has 0 saturated carbocycles. The highest BCUT2D eigenvalue weighted by molar-refractivity contribution is 5.93. The number of aromatic nitrogens is 3. The lowest BCUT2D eigenvalue weighted by Gasteiger charge is -2.03. The van der Waals surface area contributed by atoms with Gasteiger partial charge < -0.3 is 10.3 Å². The fourth-order valence-electron chi connectivity index (χ4n) is 3.13. The molecule has 0 unspecified atom stereocenters. The molecular weight excluding hydrogens is 343 g/mol. The predicted molar refractivity (Wildman–Crippen MR) is 103 cm³/mol. The number of amides is 1. The third-order valence-corrected chi connectivity index (χ3v) is 4.63. The van der Waals surface area contributed by atoms with Crippen molar-refractivity contribution in [1.29, 1.82) is 0 Å². The number of fused-ring (bicyclic) bond motifs is 1. The molecule has 0 aliphatic heterocycles. The Morgan fingerprint density at radius 3 is 2.89 bits per heavy atom. The summed E-state index contributed by atoms with van der Waals surface area (Å²) in [7, 11) is 0. The average molecular weight is 362 g/mol. The van der Waals surface area contributed by atoms with E-state index in [-0.39, 0.29) is 11.7 Å². The molecule has 0 bridgehead atoms. The van der Waals surface area contributed by atoms with E-state index in [2.05, 4.69) is 26.6 Å². The lowest BCUT2D eigenvalue weighted by molar-refractivity contribution is 0.0949. The van der Waals surface area contributed by atoms with E-state index in [1.807, 2.05) is 24.4 Å². The highest BCUT2D eigenvalue weighted by atomic mass is 19.1. The molecule has 27 heavy (non-hydrogen) atoms. The lowest BCUT2D eigenvalue weighted by atomic mass is 10.1. The summed E-state index contributed by atoms with van der Waals surface area (Å²) in [6, 6.07) is 14.5. The number of H-pyrrole nitrogens is 2. The Labute approximate surface area is 155 Å². The van der Waals surface area contributed by atoms with E-state index >= 15 is 0 Å². The molecule has 0 saturated heterocycles. The van der Waals surface area contributed by atoms with Crippen molar-refractivity contribution in [2.75, 3.05) is 6.54 Å². The summed E-state index contributed by atoms with van der Waals surface area (Å²) in [4.78, 5) is 15.6. The highest BCUT2D eigenvalue weighted by Gasteiger charge is 2.12. The number of hydrogen-bond donors (Lipinski definition) is 3. The minimum Gasteiger partial charge on any atom is -0.361 e. The Kier molecular flexibility index (Phi) is 4.46. The van der Waals surface area contributed by atoms with E-state index in [1.165, 1.54) is 11.5 Å². The number of carbonyl (C=O) groups excluding carboxylic acids is 1. The van der Waals surface area contributed by atoms with Crippen LogP contribution in [0.15, 0.2) is 54.7 Å². The highest BCUT2D eigenvalue weighted by Crippen LogP contribution is 2.21. The number of hydrogen-bond acceptors (Lipinski definition) is 2. The number of para-hydroxylation sites is 1. The molecule has 4 aromatic rings. The number of benzene rings is 2. The zero-order chi connectivity index (χ0) is 18.8. The van der Waals surface area contributed by atoms with Crippen molar-refractivity contribution < 1.29 is 9.18 Å².